The van der Waals surface area contributed by atoms with Gasteiger partial charge >= 0.3 is 0 Å². The first-order valence-corrected chi connectivity index (χ1v) is 24.9. The van der Waals surface area contributed by atoms with Crippen molar-refractivity contribution in [1.29, 1.82) is 0 Å². The van der Waals surface area contributed by atoms with Gasteiger partial charge in [0.25, 0.3) is 0 Å². The summed E-state index contributed by atoms with van der Waals surface area (Å²) in [6, 6.07) is 0. The smallest absolute Gasteiger partial charge is 0.0678 e. The van der Waals surface area contributed by atoms with E-state index in [1.165, 1.54) is 48.9 Å². The molecule has 0 radical (unpaired) electrons. The second-order valence-electron chi connectivity index (χ2n) is 19.2. The molecular weight excluding hydrogens is 817 g/mol. The molecule has 0 aromatic carbocycles. The van der Waals surface area contributed by atoms with E-state index in [1.807, 2.05) is 18.2 Å². The fourth-order valence-corrected chi connectivity index (χ4v) is 6.18. The van der Waals surface area contributed by atoms with Crippen molar-refractivity contribution in [3.8, 4) is 0 Å². The van der Waals surface area contributed by atoms with E-state index >= 15 is 0 Å². The van der Waals surface area contributed by atoms with Gasteiger partial charge in [-0.15, -0.1) is 0 Å². The van der Waals surface area contributed by atoms with Gasteiger partial charge < -0.3 is 43.6 Å². The Morgan fingerprint density at radius 3 is 1.26 bits per heavy atom. The van der Waals surface area contributed by atoms with Crippen molar-refractivity contribution in [2.75, 3.05) is 155 Å². The standard InChI is InChI=1S/C23H45N3O.C17H32N2O.C17H31NO/c1-9-21(2)13-10-14-22(3)20-27-23(4)19-26(17-11-15-24(5)6)18-12-16-25(7)8;1-7-16(2)9-8-10-17(3)15-20-14-13-19(6)12-11-18(4)5;1-6-16(2)11-10-12-17(3)15-19-14-9-7-8-13-18(4)5/h9,14,23H,1-2,10-13,15-20H2,3-8H3;7,10H,1-2,8-9,11-15H2,3-6H3;6,12H,1-2,7-11,13-15H2,3-5H3/b22-14-;17-10-;17-12-. The summed E-state index contributed by atoms with van der Waals surface area (Å²) in [5.74, 6) is 0. The van der Waals surface area contributed by atoms with Gasteiger partial charge in [0.1, 0.15) is 0 Å². The van der Waals surface area contributed by atoms with E-state index in [4.69, 9.17) is 14.2 Å². The quantitative estimate of drug-likeness (QED) is 0.0339. The molecule has 0 aliphatic heterocycles. The Bertz CT molecular complexity index is 1320. The molecule has 1 atom stereocenters. The third kappa shape index (κ3) is 53.9. The van der Waals surface area contributed by atoms with E-state index in [9.17, 15) is 0 Å². The Morgan fingerprint density at radius 2 is 0.848 bits per heavy atom. The van der Waals surface area contributed by atoms with Gasteiger partial charge in [-0.25, -0.2) is 0 Å². The topological polar surface area (TPSA) is 47.1 Å². The lowest BCUT2D eigenvalue weighted by Gasteiger charge is -2.27. The highest BCUT2D eigenvalue weighted by atomic mass is 16.5. The fraction of sp³-hybridized carbons (Fsp3) is 0.684. The summed E-state index contributed by atoms with van der Waals surface area (Å²) >= 11 is 0. The zero-order valence-electron chi connectivity index (χ0n) is 45.9. The van der Waals surface area contributed by atoms with Gasteiger partial charge in [-0.05, 0) is 194 Å². The first-order chi connectivity index (χ1) is 31.2. The molecule has 384 valence electrons. The van der Waals surface area contributed by atoms with E-state index < -0.39 is 0 Å². The first-order valence-electron chi connectivity index (χ1n) is 24.9. The van der Waals surface area contributed by atoms with Crippen LogP contribution in [0.2, 0.25) is 0 Å². The molecule has 9 nitrogen and oxygen atoms in total. The summed E-state index contributed by atoms with van der Waals surface area (Å²) in [5, 5.41) is 0. The minimum absolute atomic E-state index is 0.246. The van der Waals surface area contributed by atoms with Gasteiger partial charge in [0.05, 0.1) is 32.5 Å². The van der Waals surface area contributed by atoms with Crippen LogP contribution in [0.3, 0.4) is 0 Å². The number of hydrogen-bond donors (Lipinski definition) is 0. The number of ether oxygens (including phenoxy) is 3. The molecule has 1 unspecified atom stereocenters. The van der Waals surface area contributed by atoms with Crippen LogP contribution < -0.4 is 0 Å². The van der Waals surface area contributed by atoms with Crippen molar-refractivity contribution in [1.82, 2.24) is 29.4 Å². The molecule has 9 heteroatoms. The van der Waals surface area contributed by atoms with E-state index in [0.717, 1.165) is 140 Å². The molecule has 0 saturated carbocycles. The molecule has 0 aliphatic carbocycles. The maximum absolute atomic E-state index is 6.10. The number of nitrogens with zero attached hydrogens (tertiary/aromatic N) is 6. The molecular formula is C57H108N6O3. The van der Waals surface area contributed by atoms with Crippen LogP contribution in [0.15, 0.2) is 109 Å². The first kappa shape index (κ1) is 67.6. The lowest BCUT2D eigenvalue weighted by atomic mass is 10.1. The molecule has 0 fully saturated rings. The van der Waals surface area contributed by atoms with Gasteiger partial charge in [-0.2, -0.15) is 0 Å². The molecule has 0 bridgehead atoms. The van der Waals surface area contributed by atoms with Crippen LogP contribution >= 0.6 is 0 Å². The van der Waals surface area contributed by atoms with Gasteiger partial charge in [0, 0.05) is 32.8 Å². The van der Waals surface area contributed by atoms with Crippen LogP contribution in [-0.2, 0) is 14.2 Å². The van der Waals surface area contributed by atoms with Gasteiger partial charge in [0.15, 0.2) is 0 Å². The summed E-state index contributed by atoms with van der Waals surface area (Å²) in [6.45, 7) is 45.2. The molecule has 66 heavy (non-hydrogen) atoms. The Labute approximate surface area is 411 Å². The van der Waals surface area contributed by atoms with Crippen molar-refractivity contribution >= 4 is 0 Å². The Hall–Kier alpha value is -2.70. The number of rotatable bonds is 41. The average molecular weight is 926 g/mol. The molecule has 0 heterocycles. The predicted octanol–water partition coefficient (Wildman–Crippen LogP) is 11.2. The van der Waals surface area contributed by atoms with Crippen LogP contribution in [0.4, 0.5) is 0 Å². The van der Waals surface area contributed by atoms with Crippen LogP contribution in [-0.4, -0.2) is 191 Å². The summed E-state index contributed by atoms with van der Waals surface area (Å²) in [4.78, 5) is 13.8. The maximum Gasteiger partial charge on any atom is 0.0678 e. The third-order valence-corrected chi connectivity index (χ3v) is 10.6. The molecule has 0 aromatic rings. The number of allylic oxidation sites excluding steroid dienone is 9. The van der Waals surface area contributed by atoms with Crippen LogP contribution in [0.25, 0.3) is 0 Å². The van der Waals surface area contributed by atoms with E-state index in [2.05, 4.69) is 178 Å². The van der Waals surface area contributed by atoms with Gasteiger partial charge in [-0.1, -0.05) is 109 Å². The normalized spacial score (nSPS) is 12.7. The van der Waals surface area contributed by atoms with Crippen LogP contribution in [0, 0.1) is 0 Å². The van der Waals surface area contributed by atoms with Gasteiger partial charge in [-0.3, -0.25) is 0 Å². The number of likely N-dealkylation sites (N-methyl/N-ethyl adjacent to an activating group) is 2. The molecule has 0 rings (SSSR count). The molecule has 0 saturated heterocycles. The highest BCUT2D eigenvalue weighted by Crippen LogP contribution is 2.10. The number of unbranched alkanes of at least 4 members (excludes halogenated alkanes) is 2. The van der Waals surface area contributed by atoms with Crippen LogP contribution in [0.5, 0.6) is 0 Å². The highest BCUT2D eigenvalue weighted by Gasteiger charge is 2.11. The van der Waals surface area contributed by atoms with Crippen molar-refractivity contribution in [3.63, 3.8) is 0 Å². The predicted molar refractivity (Wildman–Crippen MR) is 295 cm³/mol. The van der Waals surface area contributed by atoms with Crippen molar-refractivity contribution in [3.05, 3.63) is 109 Å². The van der Waals surface area contributed by atoms with Crippen molar-refractivity contribution in [2.24, 2.45) is 0 Å². The Balaban J connectivity index is -0.000000921. The molecule has 0 aliphatic rings. The van der Waals surface area contributed by atoms with Crippen molar-refractivity contribution in [2.45, 2.75) is 104 Å². The lowest BCUT2D eigenvalue weighted by Crippen LogP contribution is -2.36. The SMILES string of the molecule is C=CC(=C)CC/C=C(/C)COC(C)CN(CCCN(C)C)CCCN(C)C.C=CC(=C)CC/C=C(/C)COCCCCCN(C)C.C=CC(=C)CC/C=C(/C)COCCN(C)CCN(C)C. The molecule has 0 spiro atoms. The van der Waals surface area contributed by atoms with Crippen molar-refractivity contribution < 1.29 is 14.2 Å². The summed E-state index contributed by atoms with van der Waals surface area (Å²) < 4.78 is 17.5. The minimum Gasteiger partial charge on any atom is -0.377 e. The third-order valence-electron chi connectivity index (χ3n) is 10.6. The fourth-order valence-electron chi connectivity index (χ4n) is 6.18. The molecule has 0 amide bonds. The maximum atomic E-state index is 6.10. The highest BCUT2D eigenvalue weighted by molar-refractivity contribution is 5.14. The van der Waals surface area contributed by atoms with E-state index in [1.54, 1.807) is 0 Å². The zero-order valence-corrected chi connectivity index (χ0v) is 45.9. The largest absolute Gasteiger partial charge is 0.377 e. The molecule has 0 N–H and O–H groups in total. The van der Waals surface area contributed by atoms with E-state index in [0.29, 0.717) is 6.61 Å². The van der Waals surface area contributed by atoms with Gasteiger partial charge in [0.2, 0.25) is 0 Å². The Morgan fingerprint density at radius 1 is 0.455 bits per heavy atom. The molecule has 0 aromatic heterocycles. The second-order valence-corrected chi connectivity index (χ2v) is 19.2. The summed E-state index contributed by atoms with van der Waals surface area (Å²) in [7, 11) is 19.1. The summed E-state index contributed by atoms with van der Waals surface area (Å²) in [5.41, 5.74) is 7.19. The minimum atomic E-state index is 0.246. The number of hydrogen-bond acceptors (Lipinski definition) is 9. The second kappa shape index (κ2) is 47.4. The van der Waals surface area contributed by atoms with E-state index in [-0.39, 0.29) is 6.10 Å². The van der Waals surface area contributed by atoms with Crippen LogP contribution in [0.1, 0.15) is 98.3 Å². The lowest BCUT2D eigenvalue weighted by molar-refractivity contribution is 0.0494. The monoisotopic (exact) mass is 925 g/mol. The Kier molecular flexibility index (Phi) is 48.5. The summed E-state index contributed by atoms with van der Waals surface area (Å²) in [6.07, 6.45) is 24.5. The zero-order chi connectivity index (χ0) is 50.5. The average Bonchev–Trinajstić information content (AvgIpc) is 3.25.